The van der Waals surface area contributed by atoms with Crippen molar-refractivity contribution in [2.75, 3.05) is 0 Å². The van der Waals surface area contributed by atoms with E-state index in [9.17, 15) is 0 Å². The van der Waals surface area contributed by atoms with E-state index < -0.39 is 0 Å². The fourth-order valence-electron chi connectivity index (χ4n) is 10.2. The van der Waals surface area contributed by atoms with Crippen molar-refractivity contribution in [3.63, 3.8) is 0 Å². The van der Waals surface area contributed by atoms with Crippen LogP contribution < -0.4 is 25.9 Å². The van der Waals surface area contributed by atoms with Crippen LogP contribution in [-0.2, 0) is 16.2 Å². The van der Waals surface area contributed by atoms with Gasteiger partial charge in [-0.15, -0.1) is 0 Å². The highest BCUT2D eigenvalue weighted by Crippen LogP contribution is 2.47. The fourth-order valence-corrected chi connectivity index (χ4v) is 10.2. The van der Waals surface area contributed by atoms with E-state index >= 15 is 0 Å². The SMILES string of the molecule is CC(C)(C)c1cc(-c2cc(-c3cc4c5c(c3)Oc3ccc(C(C)(C)C)cc3B5c3ccccc3O4)cc(-c3c4ccccc4c(-c4ccccc4)c4ccccc34)c2)cc(C(C)(C)C)c1. The molecule has 2 nitrogen and oxygen atoms in total. The summed E-state index contributed by atoms with van der Waals surface area (Å²) in [6, 6.07) is 63.0. The molecular weight excluding hydrogens is 787 g/mol. The van der Waals surface area contributed by atoms with Gasteiger partial charge in [0.05, 0.1) is 0 Å². The van der Waals surface area contributed by atoms with Gasteiger partial charge in [-0.05, 0) is 152 Å². The van der Waals surface area contributed by atoms with Gasteiger partial charge in [0.1, 0.15) is 23.0 Å². The normalized spacial score (nSPS) is 13.2. The number of benzene rings is 9. The zero-order valence-corrected chi connectivity index (χ0v) is 39.1. The molecule has 2 aliphatic heterocycles. The molecule has 0 amide bonds. The Balaban J connectivity index is 1.19. The highest BCUT2D eigenvalue weighted by atomic mass is 16.5. The molecule has 0 spiro atoms. The average Bonchev–Trinajstić information content (AvgIpc) is 3.29. The van der Waals surface area contributed by atoms with Gasteiger partial charge in [0.2, 0.25) is 0 Å². The van der Waals surface area contributed by atoms with Gasteiger partial charge in [-0.2, -0.15) is 0 Å². The monoisotopic (exact) mass is 842 g/mol. The van der Waals surface area contributed by atoms with Gasteiger partial charge in [-0.3, -0.25) is 0 Å². The molecule has 3 heteroatoms. The topological polar surface area (TPSA) is 18.5 Å². The second-order valence-corrected chi connectivity index (χ2v) is 21.4. The summed E-state index contributed by atoms with van der Waals surface area (Å²) in [5, 5.41) is 4.93. The third-order valence-electron chi connectivity index (χ3n) is 13.8. The molecule has 65 heavy (non-hydrogen) atoms. The zero-order valence-electron chi connectivity index (χ0n) is 39.1. The molecule has 9 aromatic rings. The Labute approximate surface area is 385 Å². The van der Waals surface area contributed by atoms with E-state index in [-0.39, 0.29) is 23.0 Å². The lowest BCUT2D eigenvalue weighted by molar-refractivity contribution is 0.464. The smallest absolute Gasteiger partial charge is 0.260 e. The number of para-hydroxylation sites is 1. The summed E-state index contributed by atoms with van der Waals surface area (Å²) >= 11 is 0. The van der Waals surface area contributed by atoms with Crippen LogP contribution in [0.25, 0.3) is 66.1 Å². The van der Waals surface area contributed by atoms with Crippen LogP contribution in [0.1, 0.15) is 79.0 Å². The summed E-state index contributed by atoms with van der Waals surface area (Å²) in [5.41, 5.74) is 16.7. The van der Waals surface area contributed by atoms with Gasteiger partial charge in [-0.25, -0.2) is 0 Å². The number of ether oxygens (including phenoxy) is 2. The summed E-state index contributed by atoms with van der Waals surface area (Å²) in [5.74, 6) is 3.47. The number of hydrogen-bond donors (Lipinski definition) is 0. The predicted molar refractivity (Wildman–Crippen MR) is 277 cm³/mol. The van der Waals surface area contributed by atoms with E-state index in [1.807, 2.05) is 0 Å². The summed E-state index contributed by atoms with van der Waals surface area (Å²) in [6.07, 6.45) is 0. The summed E-state index contributed by atoms with van der Waals surface area (Å²) < 4.78 is 13.9. The van der Waals surface area contributed by atoms with Gasteiger partial charge in [0, 0.05) is 5.46 Å². The molecule has 0 unspecified atom stereocenters. The van der Waals surface area contributed by atoms with E-state index in [0.717, 1.165) is 39.6 Å². The van der Waals surface area contributed by atoms with Crippen LogP contribution in [0.3, 0.4) is 0 Å². The molecule has 2 heterocycles. The first-order valence-corrected chi connectivity index (χ1v) is 23.2. The van der Waals surface area contributed by atoms with Crippen molar-refractivity contribution in [1.82, 2.24) is 0 Å². The Morgan fingerprint density at radius 1 is 0.308 bits per heavy atom. The second-order valence-electron chi connectivity index (χ2n) is 21.4. The van der Waals surface area contributed by atoms with Crippen LogP contribution in [0.2, 0.25) is 0 Å². The molecule has 0 bridgehead atoms. The standard InChI is InChI=1S/C62H55BO2/c1-60(2,3)44-27-28-54-52(37-44)63-51-25-17-18-26-53(51)64-55-34-42(35-56(65-54)59(55)63)40-29-39(41-32-45(61(4,5)6)36-46(33-41)62(7,8)9)30-43(31-40)58-49-23-15-13-21-47(49)57(38-19-11-10-12-20-38)48-22-14-16-24-50(48)58/h10-37H,1-9H3. The molecule has 9 aromatic carbocycles. The van der Waals surface area contributed by atoms with Crippen LogP contribution in [0.5, 0.6) is 23.0 Å². The minimum Gasteiger partial charge on any atom is -0.458 e. The molecule has 0 radical (unpaired) electrons. The maximum absolute atomic E-state index is 7.00. The van der Waals surface area contributed by atoms with Crippen molar-refractivity contribution in [3.8, 4) is 67.5 Å². The first-order valence-electron chi connectivity index (χ1n) is 23.2. The largest absolute Gasteiger partial charge is 0.458 e. The molecule has 0 fully saturated rings. The maximum Gasteiger partial charge on any atom is 0.260 e. The first kappa shape index (κ1) is 40.9. The van der Waals surface area contributed by atoms with Crippen LogP contribution in [0.15, 0.2) is 170 Å². The van der Waals surface area contributed by atoms with Crippen molar-refractivity contribution in [2.45, 2.75) is 78.6 Å². The maximum atomic E-state index is 7.00. The molecule has 11 rings (SSSR count). The lowest BCUT2D eigenvalue weighted by Crippen LogP contribution is -2.57. The van der Waals surface area contributed by atoms with Crippen molar-refractivity contribution in [1.29, 1.82) is 0 Å². The zero-order chi connectivity index (χ0) is 45.0. The molecule has 0 saturated heterocycles. The Morgan fingerprint density at radius 3 is 1.28 bits per heavy atom. The number of rotatable bonds is 4. The lowest BCUT2D eigenvalue weighted by Gasteiger charge is -2.34. The molecular formula is C62H55BO2. The van der Waals surface area contributed by atoms with E-state index in [0.29, 0.717) is 0 Å². The lowest BCUT2D eigenvalue weighted by atomic mass is 9.34. The van der Waals surface area contributed by atoms with Gasteiger partial charge in [-0.1, -0.05) is 190 Å². The third kappa shape index (κ3) is 7.04. The number of fused-ring (bicyclic) bond motifs is 6. The van der Waals surface area contributed by atoms with E-state index in [1.165, 1.54) is 82.5 Å². The van der Waals surface area contributed by atoms with Gasteiger partial charge in [0.15, 0.2) is 0 Å². The minimum atomic E-state index is -0.0390. The Kier molecular flexibility index (Phi) is 9.35. The minimum absolute atomic E-state index is 0.00599. The van der Waals surface area contributed by atoms with Crippen LogP contribution in [-0.4, -0.2) is 6.71 Å². The molecule has 2 aliphatic rings. The molecule has 318 valence electrons. The molecule has 0 saturated carbocycles. The van der Waals surface area contributed by atoms with Crippen molar-refractivity contribution >= 4 is 44.6 Å². The van der Waals surface area contributed by atoms with Crippen LogP contribution >= 0.6 is 0 Å². The highest BCUT2D eigenvalue weighted by Gasteiger charge is 2.41. The van der Waals surface area contributed by atoms with Gasteiger partial charge in [0.25, 0.3) is 6.71 Å². The van der Waals surface area contributed by atoms with E-state index in [4.69, 9.17) is 9.47 Å². The van der Waals surface area contributed by atoms with Crippen LogP contribution in [0.4, 0.5) is 0 Å². The quantitative estimate of drug-likeness (QED) is 0.130. The Hall–Kier alpha value is -6.84. The molecule has 0 aromatic heterocycles. The summed E-state index contributed by atoms with van der Waals surface area (Å²) in [4.78, 5) is 0. The number of hydrogen-bond acceptors (Lipinski definition) is 2. The predicted octanol–water partition coefficient (Wildman–Crippen LogP) is 15.3. The van der Waals surface area contributed by atoms with E-state index in [1.54, 1.807) is 0 Å². The molecule has 0 atom stereocenters. The van der Waals surface area contributed by atoms with Gasteiger partial charge >= 0.3 is 0 Å². The Morgan fingerprint density at radius 2 is 0.738 bits per heavy atom. The summed E-state index contributed by atoms with van der Waals surface area (Å²) in [6.45, 7) is 20.7. The highest BCUT2D eigenvalue weighted by molar-refractivity contribution is 6.98. The van der Waals surface area contributed by atoms with Crippen LogP contribution in [0, 0.1) is 0 Å². The van der Waals surface area contributed by atoms with Crippen molar-refractivity contribution < 1.29 is 9.47 Å². The van der Waals surface area contributed by atoms with Crippen molar-refractivity contribution in [2.24, 2.45) is 0 Å². The summed E-state index contributed by atoms with van der Waals surface area (Å²) in [7, 11) is 0. The van der Waals surface area contributed by atoms with Crippen molar-refractivity contribution in [3.05, 3.63) is 187 Å². The molecule has 0 N–H and O–H groups in total. The third-order valence-corrected chi connectivity index (χ3v) is 13.8. The fraction of sp³-hybridized carbons (Fsp3) is 0.194. The molecule has 0 aliphatic carbocycles. The Bertz CT molecular complexity index is 3270. The first-order chi connectivity index (χ1) is 31.1. The van der Waals surface area contributed by atoms with E-state index in [2.05, 4.69) is 232 Å². The van der Waals surface area contributed by atoms with Gasteiger partial charge < -0.3 is 9.47 Å². The average molecular weight is 843 g/mol. The second kappa shape index (κ2) is 14.9.